The first-order valence-corrected chi connectivity index (χ1v) is 11.8. The summed E-state index contributed by atoms with van der Waals surface area (Å²) in [5.74, 6) is -2.19. The molecule has 0 N–H and O–H groups in total. The lowest BCUT2D eigenvalue weighted by molar-refractivity contribution is -0.137. The van der Waals surface area contributed by atoms with Gasteiger partial charge in [0.15, 0.2) is 0 Å². The van der Waals surface area contributed by atoms with Crippen molar-refractivity contribution in [2.45, 2.75) is 39.0 Å². The standard InChI is InChI=1S/C27H21ClF5NO3/c1-2-36-26(35)22-10-15(7-9-24(22)30)19-4-3-5-20(19)21-11-17(27(31,32)33)13-34-25(21)37-14-16-6-8-18(29)12-23(16)28/h6-13H,2-5,14H2,1H3. The topological polar surface area (TPSA) is 48.4 Å². The largest absolute Gasteiger partial charge is 0.472 e. The van der Waals surface area contributed by atoms with Crippen LogP contribution in [0.25, 0.3) is 11.1 Å². The number of pyridine rings is 1. The molecule has 0 saturated carbocycles. The Kier molecular flexibility index (Phi) is 7.82. The molecule has 0 radical (unpaired) electrons. The highest BCUT2D eigenvalue weighted by Crippen LogP contribution is 2.44. The van der Waals surface area contributed by atoms with Crippen molar-refractivity contribution in [1.82, 2.24) is 4.98 Å². The van der Waals surface area contributed by atoms with Crippen LogP contribution in [0.3, 0.4) is 0 Å². The molecule has 37 heavy (non-hydrogen) atoms. The zero-order chi connectivity index (χ0) is 26.7. The molecule has 1 aliphatic carbocycles. The van der Waals surface area contributed by atoms with Crippen molar-refractivity contribution in [3.63, 3.8) is 0 Å². The van der Waals surface area contributed by atoms with Gasteiger partial charge in [0.2, 0.25) is 5.88 Å². The van der Waals surface area contributed by atoms with Crippen LogP contribution >= 0.6 is 11.6 Å². The summed E-state index contributed by atoms with van der Waals surface area (Å²) >= 11 is 6.06. The number of allylic oxidation sites excluding steroid dienone is 2. The van der Waals surface area contributed by atoms with Gasteiger partial charge in [-0.3, -0.25) is 0 Å². The van der Waals surface area contributed by atoms with Crippen LogP contribution in [-0.2, 0) is 17.5 Å². The quantitative estimate of drug-likeness (QED) is 0.227. The number of rotatable bonds is 7. The molecule has 0 bridgehead atoms. The Morgan fingerprint density at radius 1 is 1.05 bits per heavy atom. The van der Waals surface area contributed by atoms with Gasteiger partial charge in [-0.2, -0.15) is 13.2 Å². The van der Waals surface area contributed by atoms with Crippen LogP contribution < -0.4 is 4.74 Å². The highest BCUT2D eigenvalue weighted by Gasteiger charge is 2.33. The van der Waals surface area contributed by atoms with E-state index in [-0.39, 0.29) is 35.2 Å². The molecule has 0 unspecified atom stereocenters. The van der Waals surface area contributed by atoms with E-state index in [9.17, 15) is 26.7 Å². The van der Waals surface area contributed by atoms with Crippen LogP contribution in [0.2, 0.25) is 5.02 Å². The van der Waals surface area contributed by atoms with Crippen LogP contribution in [0.1, 0.15) is 58.8 Å². The Hall–Kier alpha value is -3.46. The van der Waals surface area contributed by atoms with Crippen molar-refractivity contribution >= 4 is 28.7 Å². The molecule has 0 fully saturated rings. The van der Waals surface area contributed by atoms with Gasteiger partial charge >= 0.3 is 12.1 Å². The first kappa shape index (κ1) is 26.6. The van der Waals surface area contributed by atoms with Crippen molar-refractivity contribution < 1.29 is 36.2 Å². The normalized spacial score (nSPS) is 13.7. The van der Waals surface area contributed by atoms with Crippen molar-refractivity contribution in [2.24, 2.45) is 0 Å². The molecular formula is C27H21ClF5NO3. The van der Waals surface area contributed by atoms with Gasteiger partial charge in [-0.1, -0.05) is 23.7 Å². The van der Waals surface area contributed by atoms with Crippen molar-refractivity contribution in [2.75, 3.05) is 6.61 Å². The van der Waals surface area contributed by atoms with E-state index in [1.807, 2.05) is 0 Å². The fourth-order valence-corrected chi connectivity index (χ4v) is 4.38. The average Bonchev–Trinajstić information content (AvgIpc) is 3.33. The summed E-state index contributed by atoms with van der Waals surface area (Å²) in [6.07, 6.45) is -2.44. The van der Waals surface area contributed by atoms with Crippen LogP contribution in [-0.4, -0.2) is 17.6 Å². The predicted octanol–water partition coefficient (Wildman–Crippen LogP) is 7.88. The number of esters is 1. The molecule has 2 aromatic carbocycles. The Bertz CT molecular complexity index is 1370. The summed E-state index contributed by atoms with van der Waals surface area (Å²) in [7, 11) is 0. The van der Waals surface area contributed by atoms with Gasteiger partial charge < -0.3 is 9.47 Å². The highest BCUT2D eigenvalue weighted by molar-refractivity contribution is 6.31. The van der Waals surface area contributed by atoms with E-state index in [0.717, 1.165) is 18.2 Å². The van der Waals surface area contributed by atoms with Crippen LogP contribution in [0.15, 0.2) is 48.7 Å². The Balaban J connectivity index is 1.78. The fourth-order valence-electron chi connectivity index (χ4n) is 4.16. The molecule has 1 aliphatic rings. The van der Waals surface area contributed by atoms with Gasteiger partial charge in [0.05, 0.1) is 22.8 Å². The number of hydrogen-bond donors (Lipinski definition) is 0. The third-order valence-corrected chi connectivity index (χ3v) is 6.26. The maximum atomic E-state index is 14.3. The van der Waals surface area contributed by atoms with E-state index in [1.165, 1.54) is 24.3 Å². The van der Waals surface area contributed by atoms with Gasteiger partial charge in [0.1, 0.15) is 18.2 Å². The summed E-state index contributed by atoms with van der Waals surface area (Å²) in [5.41, 5.74) is 1.01. The predicted molar refractivity (Wildman–Crippen MR) is 128 cm³/mol. The second-order valence-electron chi connectivity index (χ2n) is 8.32. The molecule has 4 rings (SSSR count). The maximum absolute atomic E-state index is 14.3. The first-order chi connectivity index (χ1) is 17.6. The Labute approximate surface area is 214 Å². The monoisotopic (exact) mass is 537 g/mol. The van der Waals surface area contributed by atoms with E-state index in [2.05, 4.69) is 4.98 Å². The van der Waals surface area contributed by atoms with Gasteiger partial charge in [-0.25, -0.2) is 18.6 Å². The number of halogens is 6. The SMILES string of the molecule is CCOC(=O)c1cc(C2=C(c3cc(C(F)(F)F)cnc3OCc3ccc(F)cc3Cl)CCC2)ccc1F. The smallest absolute Gasteiger partial charge is 0.417 e. The Morgan fingerprint density at radius 3 is 2.51 bits per heavy atom. The lowest BCUT2D eigenvalue weighted by atomic mass is 9.95. The van der Waals surface area contributed by atoms with Crippen molar-refractivity contribution in [3.05, 3.63) is 93.1 Å². The second kappa shape index (κ2) is 10.9. The molecule has 194 valence electrons. The summed E-state index contributed by atoms with van der Waals surface area (Å²) < 4.78 is 79.1. The lowest BCUT2D eigenvalue weighted by Crippen LogP contribution is -2.09. The number of hydrogen-bond acceptors (Lipinski definition) is 4. The number of nitrogens with zero attached hydrogens (tertiary/aromatic N) is 1. The van der Waals surface area contributed by atoms with Crippen LogP contribution in [0.4, 0.5) is 22.0 Å². The van der Waals surface area contributed by atoms with Gasteiger partial charge in [0.25, 0.3) is 0 Å². The van der Waals surface area contributed by atoms with Crippen molar-refractivity contribution in [1.29, 1.82) is 0 Å². The third-order valence-electron chi connectivity index (χ3n) is 5.91. The van der Waals surface area contributed by atoms with E-state index < -0.39 is 29.3 Å². The minimum atomic E-state index is -4.65. The van der Waals surface area contributed by atoms with Gasteiger partial charge in [-0.05, 0) is 73.2 Å². The Morgan fingerprint density at radius 2 is 1.81 bits per heavy atom. The minimum Gasteiger partial charge on any atom is -0.472 e. The maximum Gasteiger partial charge on any atom is 0.417 e. The van der Waals surface area contributed by atoms with Gasteiger partial charge in [0, 0.05) is 17.3 Å². The molecule has 0 aliphatic heterocycles. The van der Waals surface area contributed by atoms with E-state index in [0.29, 0.717) is 47.7 Å². The number of aromatic nitrogens is 1. The minimum absolute atomic E-state index is 0.0597. The van der Waals surface area contributed by atoms with Crippen molar-refractivity contribution in [3.8, 4) is 5.88 Å². The molecule has 4 nitrogen and oxygen atoms in total. The molecule has 0 atom stereocenters. The second-order valence-corrected chi connectivity index (χ2v) is 8.73. The van der Waals surface area contributed by atoms with Crippen LogP contribution in [0.5, 0.6) is 5.88 Å². The first-order valence-electron chi connectivity index (χ1n) is 11.4. The number of alkyl halides is 3. The number of benzene rings is 2. The summed E-state index contributed by atoms with van der Waals surface area (Å²) in [6.45, 7) is 1.50. The number of carbonyl (C=O) groups is 1. The molecule has 10 heteroatoms. The van der Waals surface area contributed by atoms with Gasteiger partial charge in [-0.15, -0.1) is 0 Å². The highest BCUT2D eigenvalue weighted by atomic mass is 35.5. The zero-order valence-corrected chi connectivity index (χ0v) is 20.4. The molecule has 0 spiro atoms. The summed E-state index contributed by atoms with van der Waals surface area (Å²) in [6, 6.07) is 8.62. The third kappa shape index (κ3) is 5.93. The average molecular weight is 538 g/mol. The van der Waals surface area contributed by atoms with E-state index in [1.54, 1.807) is 6.92 Å². The molecule has 1 aromatic heterocycles. The van der Waals surface area contributed by atoms with E-state index >= 15 is 0 Å². The summed E-state index contributed by atoms with van der Waals surface area (Å²) in [4.78, 5) is 16.1. The zero-order valence-electron chi connectivity index (χ0n) is 19.6. The van der Waals surface area contributed by atoms with E-state index in [4.69, 9.17) is 21.1 Å². The van der Waals surface area contributed by atoms with Crippen LogP contribution in [0, 0.1) is 11.6 Å². The molecule has 0 saturated heterocycles. The molecular weight excluding hydrogens is 517 g/mol. The fraction of sp³-hybridized carbons (Fsp3) is 0.259. The molecule has 3 aromatic rings. The summed E-state index contributed by atoms with van der Waals surface area (Å²) in [5, 5.41) is 0.104. The number of ether oxygens (including phenoxy) is 2. The number of carbonyl (C=O) groups excluding carboxylic acids is 1. The lowest BCUT2D eigenvalue weighted by Gasteiger charge is -2.17. The molecule has 1 heterocycles. The molecule has 0 amide bonds.